The molecule has 0 spiro atoms. The topological polar surface area (TPSA) is 114 Å². The van der Waals surface area contributed by atoms with Gasteiger partial charge in [0.1, 0.15) is 5.82 Å². The number of aromatic nitrogens is 5. The minimum Gasteiger partial charge on any atom is -0.504 e. The summed E-state index contributed by atoms with van der Waals surface area (Å²) >= 11 is 0. The minimum absolute atomic E-state index is 0.0788. The van der Waals surface area contributed by atoms with Gasteiger partial charge in [0.05, 0.1) is 16.9 Å². The van der Waals surface area contributed by atoms with E-state index in [1.807, 2.05) is 42.5 Å². The molecule has 0 aliphatic carbocycles. The highest BCUT2D eigenvalue weighted by molar-refractivity contribution is 5.94. The second-order valence-corrected chi connectivity index (χ2v) is 6.55. The van der Waals surface area contributed by atoms with Gasteiger partial charge in [0.15, 0.2) is 11.6 Å². The van der Waals surface area contributed by atoms with Gasteiger partial charge >= 0.3 is 0 Å². The molecule has 4 heterocycles. The number of rotatable bonds is 3. The van der Waals surface area contributed by atoms with Gasteiger partial charge in [-0.2, -0.15) is 0 Å². The van der Waals surface area contributed by atoms with Crippen molar-refractivity contribution in [1.29, 1.82) is 0 Å². The standard InChI is InChI=1S/C22H16N6O/c23-21-18(29)11-14(12-26-21)20-19(13-6-9-24-10-7-13)27-22(28-20)16-3-1-5-17-15(16)4-2-8-25-17/h1-12,29H,(H2,23,26)(H,27,28). The Balaban J connectivity index is 1.76. The second-order valence-electron chi connectivity index (χ2n) is 6.55. The number of benzene rings is 1. The van der Waals surface area contributed by atoms with Crippen LogP contribution >= 0.6 is 0 Å². The Kier molecular flexibility index (Phi) is 3.91. The molecule has 0 amide bonds. The Hall–Kier alpha value is -4.26. The Bertz CT molecular complexity index is 1320. The van der Waals surface area contributed by atoms with Crippen molar-refractivity contribution < 1.29 is 5.11 Å². The molecule has 4 N–H and O–H groups in total. The fraction of sp³-hybridized carbons (Fsp3) is 0. The van der Waals surface area contributed by atoms with E-state index < -0.39 is 0 Å². The molecule has 5 rings (SSSR count). The monoisotopic (exact) mass is 380 g/mol. The molecule has 0 saturated carbocycles. The Morgan fingerprint density at radius 2 is 1.76 bits per heavy atom. The lowest BCUT2D eigenvalue weighted by atomic mass is 10.1. The zero-order valence-electron chi connectivity index (χ0n) is 15.2. The van der Waals surface area contributed by atoms with Crippen molar-refractivity contribution in [3.05, 3.63) is 73.3 Å². The lowest BCUT2D eigenvalue weighted by molar-refractivity contribution is 0.476. The van der Waals surface area contributed by atoms with Crippen molar-refractivity contribution >= 4 is 16.7 Å². The molecule has 0 atom stereocenters. The number of aromatic amines is 1. The van der Waals surface area contributed by atoms with Crippen molar-refractivity contribution in [2.45, 2.75) is 0 Å². The zero-order valence-corrected chi connectivity index (χ0v) is 15.2. The summed E-state index contributed by atoms with van der Waals surface area (Å²) in [4.78, 5) is 20.9. The van der Waals surface area contributed by atoms with Crippen LogP contribution in [0.2, 0.25) is 0 Å². The van der Waals surface area contributed by atoms with E-state index in [1.54, 1.807) is 30.9 Å². The van der Waals surface area contributed by atoms with E-state index in [4.69, 9.17) is 10.7 Å². The smallest absolute Gasteiger partial charge is 0.165 e. The number of nitrogens with zero attached hydrogens (tertiary/aromatic N) is 4. The first kappa shape index (κ1) is 16.9. The minimum atomic E-state index is -0.0814. The zero-order chi connectivity index (χ0) is 19.8. The summed E-state index contributed by atoms with van der Waals surface area (Å²) < 4.78 is 0. The van der Waals surface area contributed by atoms with Gasteiger partial charge in [0.2, 0.25) is 0 Å². The number of hydrogen-bond donors (Lipinski definition) is 3. The van der Waals surface area contributed by atoms with Gasteiger partial charge in [0, 0.05) is 46.9 Å². The molecule has 0 bridgehead atoms. The third kappa shape index (κ3) is 2.94. The van der Waals surface area contributed by atoms with Crippen LogP contribution in [0.3, 0.4) is 0 Å². The molecule has 4 aromatic heterocycles. The van der Waals surface area contributed by atoms with Crippen molar-refractivity contribution in [3.8, 4) is 39.7 Å². The number of fused-ring (bicyclic) bond motifs is 1. The predicted octanol–water partition coefficient (Wildman–Crippen LogP) is 4.04. The van der Waals surface area contributed by atoms with Crippen LogP contribution in [0.25, 0.3) is 44.8 Å². The van der Waals surface area contributed by atoms with E-state index in [2.05, 4.69) is 19.9 Å². The number of nitrogen functional groups attached to an aromatic ring is 1. The molecule has 0 radical (unpaired) electrons. The number of hydrogen-bond acceptors (Lipinski definition) is 6. The molecule has 0 fully saturated rings. The number of imidazole rings is 1. The molecule has 0 unspecified atom stereocenters. The van der Waals surface area contributed by atoms with Gasteiger partial charge in [0.25, 0.3) is 0 Å². The van der Waals surface area contributed by atoms with Crippen molar-refractivity contribution in [2.24, 2.45) is 0 Å². The largest absolute Gasteiger partial charge is 0.504 e. The average Bonchev–Trinajstić information content (AvgIpc) is 3.21. The third-order valence-corrected chi connectivity index (χ3v) is 4.74. The van der Waals surface area contributed by atoms with E-state index in [9.17, 15) is 5.11 Å². The maximum atomic E-state index is 10.0. The number of nitrogens with two attached hydrogens (primary N) is 1. The lowest BCUT2D eigenvalue weighted by Crippen LogP contribution is -1.92. The van der Waals surface area contributed by atoms with Crippen LogP contribution in [0.4, 0.5) is 5.82 Å². The van der Waals surface area contributed by atoms with E-state index >= 15 is 0 Å². The molecular weight excluding hydrogens is 364 g/mol. The summed E-state index contributed by atoms with van der Waals surface area (Å²) in [6.07, 6.45) is 6.82. The van der Waals surface area contributed by atoms with E-state index in [-0.39, 0.29) is 11.6 Å². The van der Waals surface area contributed by atoms with E-state index in [1.165, 1.54) is 0 Å². The molecule has 0 aliphatic rings. The highest BCUT2D eigenvalue weighted by Gasteiger charge is 2.18. The van der Waals surface area contributed by atoms with Gasteiger partial charge in [-0.25, -0.2) is 9.97 Å². The van der Waals surface area contributed by atoms with Crippen LogP contribution < -0.4 is 5.73 Å². The number of anilines is 1. The third-order valence-electron chi connectivity index (χ3n) is 4.74. The van der Waals surface area contributed by atoms with Crippen molar-refractivity contribution in [3.63, 3.8) is 0 Å². The predicted molar refractivity (Wildman–Crippen MR) is 112 cm³/mol. The highest BCUT2D eigenvalue weighted by atomic mass is 16.3. The first-order valence-corrected chi connectivity index (χ1v) is 9.00. The fourth-order valence-corrected chi connectivity index (χ4v) is 3.34. The number of H-pyrrole nitrogens is 1. The fourth-order valence-electron chi connectivity index (χ4n) is 3.34. The van der Waals surface area contributed by atoms with Crippen LogP contribution in [-0.4, -0.2) is 30.0 Å². The van der Waals surface area contributed by atoms with Gasteiger partial charge in [-0.3, -0.25) is 9.97 Å². The number of nitrogens with one attached hydrogen (secondary N) is 1. The number of aromatic hydroxyl groups is 1. The van der Waals surface area contributed by atoms with Gasteiger partial charge in [-0.1, -0.05) is 18.2 Å². The molecule has 5 aromatic rings. The maximum Gasteiger partial charge on any atom is 0.165 e. The molecule has 7 heteroatoms. The molecular formula is C22H16N6O. The summed E-state index contributed by atoms with van der Waals surface area (Å²) in [7, 11) is 0. The summed E-state index contributed by atoms with van der Waals surface area (Å²) in [5, 5.41) is 11.0. The molecule has 140 valence electrons. The van der Waals surface area contributed by atoms with Crippen LogP contribution in [0.1, 0.15) is 0 Å². The molecule has 7 nitrogen and oxygen atoms in total. The quantitative estimate of drug-likeness (QED) is 0.435. The van der Waals surface area contributed by atoms with Crippen molar-refractivity contribution in [2.75, 3.05) is 5.73 Å². The summed E-state index contributed by atoms with van der Waals surface area (Å²) in [6.45, 7) is 0. The second kappa shape index (κ2) is 6.72. The first-order chi connectivity index (χ1) is 14.2. The van der Waals surface area contributed by atoms with Gasteiger partial charge < -0.3 is 15.8 Å². The first-order valence-electron chi connectivity index (χ1n) is 9.00. The van der Waals surface area contributed by atoms with Gasteiger partial charge in [-0.05, 0) is 30.3 Å². The highest BCUT2D eigenvalue weighted by Crippen LogP contribution is 2.36. The average molecular weight is 380 g/mol. The normalized spacial score (nSPS) is 11.0. The molecule has 0 aliphatic heterocycles. The lowest BCUT2D eigenvalue weighted by Gasteiger charge is -2.04. The Morgan fingerprint density at radius 1 is 0.897 bits per heavy atom. The van der Waals surface area contributed by atoms with Crippen molar-refractivity contribution in [1.82, 2.24) is 24.9 Å². The van der Waals surface area contributed by atoms with Crippen LogP contribution in [0.5, 0.6) is 5.75 Å². The summed E-state index contributed by atoms with van der Waals surface area (Å²) in [5.74, 6) is 0.693. The van der Waals surface area contributed by atoms with E-state index in [0.29, 0.717) is 17.1 Å². The summed E-state index contributed by atoms with van der Waals surface area (Å²) in [5.41, 5.74) is 10.5. The molecule has 1 aromatic carbocycles. The van der Waals surface area contributed by atoms with Crippen LogP contribution in [0.15, 0.2) is 73.3 Å². The Morgan fingerprint density at radius 3 is 2.59 bits per heavy atom. The van der Waals surface area contributed by atoms with Crippen LogP contribution in [-0.2, 0) is 0 Å². The summed E-state index contributed by atoms with van der Waals surface area (Å²) in [6, 6.07) is 15.2. The maximum absolute atomic E-state index is 10.0. The van der Waals surface area contributed by atoms with Gasteiger partial charge in [-0.15, -0.1) is 0 Å². The Labute approximate surface area is 166 Å². The number of pyridine rings is 3. The molecule has 29 heavy (non-hydrogen) atoms. The molecule has 0 saturated heterocycles. The van der Waals surface area contributed by atoms with E-state index in [0.717, 1.165) is 27.7 Å². The SMILES string of the molecule is Nc1ncc(-c2nc(-c3cccc4ncccc34)[nH]c2-c2ccncc2)cc1O. The van der Waals surface area contributed by atoms with Crippen LogP contribution in [0, 0.1) is 0 Å².